The molecule has 4 aliphatic heterocycles. The van der Waals surface area contributed by atoms with Gasteiger partial charge in [0, 0.05) is 12.2 Å². The van der Waals surface area contributed by atoms with Crippen molar-refractivity contribution in [1.29, 1.82) is 0 Å². The lowest BCUT2D eigenvalue weighted by molar-refractivity contribution is -0.155. The maximum atomic E-state index is 14.2. The summed E-state index contributed by atoms with van der Waals surface area (Å²) in [7, 11) is 1.57. The van der Waals surface area contributed by atoms with E-state index in [2.05, 4.69) is 0 Å². The molecule has 1 aromatic rings. The van der Waals surface area contributed by atoms with Gasteiger partial charge in [-0.1, -0.05) is 24.3 Å². The first-order chi connectivity index (χ1) is 17.4. The number of aliphatic hydroxyl groups excluding tert-OH is 1. The topological polar surface area (TPSA) is 106 Å². The van der Waals surface area contributed by atoms with Crippen LogP contribution in [0.3, 0.4) is 0 Å². The van der Waals surface area contributed by atoms with E-state index in [9.17, 15) is 19.5 Å². The Labute approximate surface area is 210 Å². The highest BCUT2D eigenvalue weighted by molar-refractivity contribution is 6.05. The van der Waals surface area contributed by atoms with Gasteiger partial charge < -0.3 is 29.1 Å². The second-order valence-electron chi connectivity index (χ2n) is 9.76. The molecule has 4 aliphatic rings. The quantitative estimate of drug-likeness (QED) is 0.501. The number of ether oxygens (including phenoxy) is 3. The lowest BCUT2D eigenvalue weighted by Gasteiger charge is -2.37. The number of aliphatic hydroxyl groups is 1. The van der Waals surface area contributed by atoms with E-state index >= 15 is 0 Å². The molecule has 0 radical (unpaired) electrons. The summed E-state index contributed by atoms with van der Waals surface area (Å²) in [4.78, 5) is 44.4. The summed E-state index contributed by atoms with van der Waals surface area (Å²) in [5.74, 6) is -2.36. The van der Waals surface area contributed by atoms with E-state index in [-0.39, 0.29) is 31.6 Å². The van der Waals surface area contributed by atoms with Crippen molar-refractivity contribution in [3.05, 3.63) is 48.6 Å². The van der Waals surface area contributed by atoms with Gasteiger partial charge in [-0.05, 0) is 50.5 Å². The highest BCUT2D eigenvalue weighted by Crippen LogP contribution is 2.53. The van der Waals surface area contributed by atoms with E-state index in [1.807, 2.05) is 18.2 Å². The number of methoxy groups -OCH3 is 1. The van der Waals surface area contributed by atoms with E-state index in [4.69, 9.17) is 14.2 Å². The monoisotopic (exact) mass is 496 g/mol. The molecule has 2 fully saturated rings. The standard InChI is InChI=1S/C27H32N2O7/c1-17(16-30)29-23-25(32)28(18-9-11-19(34-2)12-10-18)14-7-13-27(23)22(24(29)31)21-20(36-27)8-5-3-4-6-15-35-26(21)33/h5,7-13,17,20-23,30H,3-4,6,14-16H2,1-2H3/b8-5-/t17-,20+,21-,22+,23?,27+/m1/s1. The van der Waals surface area contributed by atoms with Gasteiger partial charge >= 0.3 is 5.97 Å². The minimum absolute atomic E-state index is 0.268. The van der Waals surface area contributed by atoms with E-state index < -0.39 is 41.6 Å². The van der Waals surface area contributed by atoms with Crippen molar-refractivity contribution in [1.82, 2.24) is 4.90 Å². The molecule has 1 spiro atoms. The molecule has 0 aliphatic carbocycles. The Morgan fingerprint density at radius 1 is 1.14 bits per heavy atom. The van der Waals surface area contributed by atoms with Crippen LogP contribution in [0.2, 0.25) is 0 Å². The number of allylic oxidation sites excluding steroid dienone is 1. The van der Waals surface area contributed by atoms with Crippen LogP contribution < -0.4 is 9.64 Å². The highest BCUT2D eigenvalue weighted by atomic mass is 16.6. The zero-order chi connectivity index (χ0) is 25.4. The van der Waals surface area contributed by atoms with Gasteiger partial charge in [0.2, 0.25) is 5.91 Å². The van der Waals surface area contributed by atoms with E-state index in [1.165, 1.54) is 4.90 Å². The van der Waals surface area contributed by atoms with Crippen LogP contribution in [0.15, 0.2) is 48.6 Å². The smallest absolute Gasteiger partial charge is 0.312 e. The predicted octanol–water partition coefficient (Wildman–Crippen LogP) is 1.84. The fourth-order valence-electron chi connectivity index (χ4n) is 5.91. The van der Waals surface area contributed by atoms with Gasteiger partial charge in [0.1, 0.15) is 23.3 Å². The van der Waals surface area contributed by atoms with Gasteiger partial charge in [0.05, 0.1) is 38.4 Å². The SMILES string of the molecule is COc1ccc(N2CC=C[C@]34O[C@H]5/C=C\CCCCOC(=O)[C@H]5[C@H]3C(=O)N([C@H](C)CO)C4C2=O)cc1. The van der Waals surface area contributed by atoms with E-state index in [1.54, 1.807) is 49.3 Å². The summed E-state index contributed by atoms with van der Waals surface area (Å²) in [5.41, 5.74) is -0.711. The predicted molar refractivity (Wildman–Crippen MR) is 130 cm³/mol. The molecular weight excluding hydrogens is 464 g/mol. The Morgan fingerprint density at radius 2 is 1.92 bits per heavy atom. The summed E-state index contributed by atoms with van der Waals surface area (Å²) < 4.78 is 17.4. The number of carbonyl (C=O) groups is 3. The molecule has 2 saturated heterocycles. The van der Waals surface area contributed by atoms with Crippen LogP contribution >= 0.6 is 0 Å². The second-order valence-corrected chi connectivity index (χ2v) is 9.76. The van der Waals surface area contributed by atoms with Crippen molar-refractivity contribution in [2.75, 3.05) is 31.8 Å². The van der Waals surface area contributed by atoms with Crippen molar-refractivity contribution in [3.8, 4) is 5.75 Å². The molecule has 5 rings (SSSR count). The van der Waals surface area contributed by atoms with Gasteiger partial charge in [-0.3, -0.25) is 14.4 Å². The first kappa shape index (κ1) is 24.5. The minimum atomic E-state index is -1.36. The lowest BCUT2D eigenvalue weighted by Crippen LogP contribution is -2.57. The lowest BCUT2D eigenvalue weighted by atomic mass is 9.78. The number of anilines is 1. The molecule has 9 nitrogen and oxygen atoms in total. The van der Waals surface area contributed by atoms with Crippen LogP contribution in [0.5, 0.6) is 5.75 Å². The van der Waals surface area contributed by atoms with Crippen molar-refractivity contribution >= 4 is 23.5 Å². The Bertz CT molecular complexity index is 1080. The summed E-state index contributed by atoms with van der Waals surface area (Å²) in [6.07, 6.45) is 9.15. The van der Waals surface area contributed by atoms with Crippen LogP contribution in [0.1, 0.15) is 26.2 Å². The Balaban J connectivity index is 1.60. The van der Waals surface area contributed by atoms with Crippen molar-refractivity contribution in [2.24, 2.45) is 11.8 Å². The van der Waals surface area contributed by atoms with Gasteiger partial charge in [-0.15, -0.1) is 0 Å². The van der Waals surface area contributed by atoms with Crippen molar-refractivity contribution in [2.45, 2.75) is 50.0 Å². The number of hydrogen-bond donors (Lipinski definition) is 1. The Kier molecular flexibility index (Phi) is 6.61. The van der Waals surface area contributed by atoms with Crippen LogP contribution in [0, 0.1) is 11.8 Å². The van der Waals surface area contributed by atoms with Crippen LogP contribution in [-0.2, 0) is 23.9 Å². The molecule has 1 N–H and O–H groups in total. The molecule has 2 amide bonds. The minimum Gasteiger partial charge on any atom is -0.497 e. The number of hydrogen-bond acceptors (Lipinski definition) is 7. The van der Waals surface area contributed by atoms with Gasteiger partial charge in [0.15, 0.2) is 0 Å². The first-order valence-electron chi connectivity index (χ1n) is 12.5. The van der Waals surface area contributed by atoms with Gasteiger partial charge in [-0.25, -0.2) is 0 Å². The fourth-order valence-corrected chi connectivity index (χ4v) is 5.91. The fraction of sp³-hybridized carbons (Fsp3) is 0.519. The number of fused-ring (bicyclic) bond motifs is 2. The van der Waals surface area contributed by atoms with Crippen LogP contribution in [0.25, 0.3) is 0 Å². The van der Waals surface area contributed by atoms with Gasteiger partial charge in [-0.2, -0.15) is 0 Å². The maximum Gasteiger partial charge on any atom is 0.312 e. The summed E-state index contributed by atoms with van der Waals surface area (Å²) in [6.45, 7) is 1.91. The number of rotatable bonds is 4. The van der Waals surface area contributed by atoms with E-state index in [0.29, 0.717) is 11.4 Å². The highest BCUT2D eigenvalue weighted by Gasteiger charge is 2.72. The molecule has 0 saturated carbocycles. The normalized spacial score (nSPS) is 33.8. The first-order valence-corrected chi connectivity index (χ1v) is 12.5. The molecule has 1 unspecified atom stereocenters. The number of nitrogens with zero attached hydrogens (tertiary/aromatic N) is 2. The molecule has 192 valence electrons. The Hall–Kier alpha value is -3.17. The summed E-state index contributed by atoms with van der Waals surface area (Å²) in [5, 5.41) is 10.0. The summed E-state index contributed by atoms with van der Waals surface area (Å²) in [6, 6.07) is 5.41. The molecule has 1 aromatic carbocycles. The molecule has 6 atom stereocenters. The third kappa shape index (κ3) is 3.81. The largest absolute Gasteiger partial charge is 0.497 e. The Morgan fingerprint density at radius 3 is 2.64 bits per heavy atom. The number of carbonyl (C=O) groups excluding carboxylic acids is 3. The van der Waals surface area contributed by atoms with Crippen molar-refractivity contribution < 1.29 is 33.7 Å². The number of cyclic esters (lactones) is 1. The van der Waals surface area contributed by atoms with E-state index in [0.717, 1.165) is 19.3 Å². The zero-order valence-electron chi connectivity index (χ0n) is 20.5. The maximum absolute atomic E-state index is 14.2. The third-order valence-corrected chi connectivity index (χ3v) is 7.66. The third-order valence-electron chi connectivity index (χ3n) is 7.66. The summed E-state index contributed by atoms with van der Waals surface area (Å²) >= 11 is 0. The number of benzene rings is 1. The number of esters is 1. The average molecular weight is 497 g/mol. The molecular formula is C27H32N2O7. The average Bonchev–Trinajstić information content (AvgIpc) is 3.28. The zero-order valence-corrected chi connectivity index (χ0v) is 20.5. The molecule has 36 heavy (non-hydrogen) atoms. The molecule has 4 heterocycles. The molecule has 9 heteroatoms. The second kappa shape index (κ2) is 9.71. The van der Waals surface area contributed by atoms with Crippen molar-refractivity contribution in [3.63, 3.8) is 0 Å². The molecule has 0 aromatic heterocycles. The van der Waals surface area contributed by atoms with Crippen LogP contribution in [-0.4, -0.2) is 78.4 Å². The van der Waals surface area contributed by atoms with Crippen LogP contribution in [0.4, 0.5) is 5.69 Å². The number of likely N-dealkylation sites (tertiary alicyclic amines) is 1. The number of amides is 2. The van der Waals surface area contributed by atoms with Gasteiger partial charge in [0.25, 0.3) is 5.91 Å². The molecule has 0 bridgehead atoms.